The fourth-order valence-corrected chi connectivity index (χ4v) is 2.56. The number of carbonyl (C=O) groups is 1. The number of alkyl halides is 2. The molecule has 0 radical (unpaired) electrons. The largest absolute Gasteiger partial charge is 0.506 e. The molecule has 1 aromatic heterocycles. The molecule has 0 saturated carbocycles. The third-order valence-electron chi connectivity index (χ3n) is 2.70. The first-order chi connectivity index (χ1) is 9.94. The minimum Gasteiger partial charge on any atom is -0.506 e. The molecule has 110 valence electrons. The molecule has 3 nitrogen and oxygen atoms in total. The van der Waals surface area contributed by atoms with Crippen molar-refractivity contribution >= 4 is 23.4 Å². The van der Waals surface area contributed by atoms with Crippen LogP contribution in [0.25, 0.3) is 6.08 Å². The predicted molar refractivity (Wildman–Crippen MR) is 76.7 cm³/mol. The van der Waals surface area contributed by atoms with Crippen LogP contribution >= 0.6 is 11.3 Å². The maximum Gasteiger partial charge on any atom is 0.351 e. The molecule has 2 aromatic rings. The van der Waals surface area contributed by atoms with Crippen molar-refractivity contribution in [2.45, 2.75) is 5.92 Å². The van der Waals surface area contributed by atoms with Crippen molar-refractivity contribution in [2.24, 2.45) is 0 Å². The Bertz CT molecular complexity index is 663. The highest BCUT2D eigenvalue weighted by atomic mass is 32.1. The summed E-state index contributed by atoms with van der Waals surface area (Å²) in [4.78, 5) is 10.7. The van der Waals surface area contributed by atoms with E-state index in [-0.39, 0.29) is 4.88 Å². The van der Waals surface area contributed by atoms with Gasteiger partial charge < -0.3 is 9.84 Å². The molecule has 0 aliphatic heterocycles. The Morgan fingerprint density at radius 3 is 2.62 bits per heavy atom. The molecule has 0 unspecified atom stereocenters. The van der Waals surface area contributed by atoms with E-state index in [2.05, 4.69) is 4.74 Å². The molecular weight excluding hydrogens is 298 g/mol. The summed E-state index contributed by atoms with van der Waals surface area (Å²) in [6.07, 6.45) is 2.02. The molecule has 1 aromatic carbocycles. The van der Waals surface area contributed by atoms with Gasteiger partial charge in [-0.3, -0.25) is 0 Å². The number of rotatable bonds is 4. The van der Waals surface area contributed by atoms with E-state index in [1.54, 1.807) is 30.3 Å². The number of thiophene rings is 1. The number of aromatic hydroxyl groups is 1. The van der Waals surface area contributed by atoms with E-state index >= 15 is 0 Å². The lowest BCUT2D eigenvalue weighted by Crippen LogP contribution is -2.06. The number of halogens is 2. The van der Waals surface area contributed by atoms with Gasteiger partial charge in [-0.05, 0) is 11.6 Å². The zero-order chi connectivity index (χ0) is 15.5. The van der Waals surface area contributed by atoms with Gasteiger partial charge in [-0.25, -0.2) is 4.79 Å². The van der Waals surface area contributed by atoms with Gasteiger partial charge in [0, 0.05) is 6.07 Å². The highest BCUT2D eigenvalue weighted by molar-refractivity contribution is 7.14. The van der Waals surface area contributed by atoms with Crippen LogP contribution in [0.3, 0.4) is 0 Å². The lowest BCUT2D eigenvalue weighted by atomic mass is 10.1. The van der Waals surface area contributed by atoms with Crippen LogP contribution in [0.4, 0.5) is 8.78 Å². The van der Waals surface area contributed by atoms with Gasteiger partial charge in [-0.1, -0.05) is 36.4 Å². The molecule has 21 heavy (non-hydrogen) atoms. The van der Waals surface area contributed by atoms with Crippen molar-refractivity contribution in [3.05, 3.63) is 57.8 Å². The third-order valence-corrected chi connectivity index (χ3v) is 3.89. The summed E-state index contributed by atoms with van der Waals surface area (Å²) >= 11 is 0.508. The lowest BCUT2D eigenvalue weighted by Gasteiger charge is -2.08. The van der Waals surface area contributed by atoms with E-state index in [1.165, 1.54) is 6.08 Å². The molecule has 0 fully saturated rings. The second kappa shape index (κ2) is 6.05. The number of carbonyl (C=O) groups excluding carboxylic acids is 1. The zero-order valence-corrected chi connectivity index (χ0v) is 11.9. The molecule has 0 atom stereocenters. The van der Waals surface area contributed by atoms with E-state index in [4.69, 9.17) is 0 Å². The SMILES string of the molecule is COC(=O)c1sc(C(F)(F)/C=C/c2ccccc2)cc1O. The minimum atomic E-state index is -3.29. The highest BCUT2D eigenvalue weighted by Gasteiger charge is 2.33. The van der Waals surface area contributed by atoms with Gasteiger partial charge in [-0.15, -0.1) is 11.3 Å². The standard InChI is InChI=1S/C15H12F2O3S/c1-20-14(19)13-11(18)9-12(21-13)15(16,17)8-7-10-5-3-2-4-6-10/h2-9,18H,1H3/b8-7+. The van der Waals surface area contributed by atoms with Crippen molar-refractivity contribution in [1.29, 1.82) is 0 Å². The van der Waals surface area contributed by atoms with E-state index < -0.39 is 22.5 Å². The molecule has 2 rings (SSSR count). The van der Waals surface area contributed by atoms with Gasteiger partial charge >= 0.3 is 11.9 Å². The quantitative estimate of drug-likeness (QED) is 0.867. The number of hydrogen-bond donors (Lipinski definition) is 1. The maximum atomic E-state index is 14.1. The van der Waals surface area contributed by atoms with Crippen LogP contribution in [-0.4, -0.2) is 18.2 Å². The van der Waals surface area contributed by atoms with Crippen LogP contribution in [0.1, 0.15) is 20.1 Å². The summed E-state index contributed by atoms with van der Waals surface area (Å²) in [5.41, 5.74) is 0.631. The Morgan fingerprint density at radius 2 is 2.00 bits per heavy atom. The van der Waals surface area contributed by atoms with Gasteiger partial charge in [0.2, 0.25) is 0 Å². The summed E-state index contributed by atoms with van der Waals surface area (Å²) in [6.45, 7) is 0. The van der Waals surface area contributed by atoms with Gasteiger partial charge in [0.25, 0.3) is 0 Å². The van der Waals surface area contributed by atoms with Crippen molar-refractivity contribution < 1.29 is 23.4 Å². The Balaban J connectivity index is 2.27. The summed E-state index contributed by atoms with van der Waals surface area (Å²) < 4.78 is 32.5. The molecular formula is C15H12F2O3S. The predicted octanol–water partition coefficient (Wildman–Crippen LogP) is 4.05. The summed E-state index contributed by atoms with van der Waals surface area (Å²) in [6, 6.07) is 9.53. The molecule has 1 heterocycles. The van der Waals surface area contributed by atoms with E-state index in [0.29, 0.717) is 16.9 Å². The summed E-state index contributed by atoms with van der Waals surface area (Å²) in [5.74, 6) is -4.63. The fourth-order valence-electron chi connectivity index (χ4n) is 1.63. The average Bonchev–Trinajstić information content (AvgIpc) is 2.88. The lowest BCUT2D eigenvalue weighted by molar-refractivity contribution is 0.0570. The normalized spacial score (nSPS) is 11.8. The molecule has 0 bridgehead atoms. The number of allylic oxidation sites excluding steroid dienone is 1. The van der Waals surface area contributed by atoms with Gasteiger partial charge in [0.05, 0.1) is 12.0 Å². The highest BCUT2D eigenvalue weighted by Crippen LogP contribution is 2.40. The first kappa shape index (κ1) is 15.2. The van der Waals surface area contributed by atoms with Gasteiger partial charge in [0.15, 0.2) is 4.88 Å². The van der Waals surface area contributed by atoms with Crippen molar-refractivity contribution in [3.8, 4) is 5.75 Å². The fraction of sp³-hybridized carbons (Fsp3) is 0.133. The van der Waals surface area contributed by atoms with Gasteiger partial charge in [-0.2, -0.15) is 8.78 Å². The number of hydrogen-bond acceptors (Lipinski definition) is 4. The molecule has 0 saturated heterocycles. The van der Waals surface area contributed by atoms with E-state index in [0.717, 1.165) is 19.3 Å². The zero-order valence-electron chi connectivity index (χ0n) is 11.0. The Hall–Kier alpha value is -2.21. The van der Waals surface area contributed by atoms with E-state index in [1.807, 2.05) is 0 Å². The molecule has 0 amide bonds. The Labute approximate surface area is 124 Å². The van der Waals surface area contributed by atoms with Gasteiger partial charge in [0.1, 0.15) is 5.75 Å². The second-order valence-electron chi connectivity index (χ2n) is 4.18. The average molecular weight is 310 g/mol. The Morgan fingerprint density at radius 1 is 1.33 bits per heavy atom. The van der Waals surface area contributed by atoms with Crippen molar-refractivity contribution in [1.82, 2.24) is 0 Å². The van der Waals surface area contributed by atoms with Crippen LogP contribution in [0.5, 0.6) is 5.75 Å². The molecule has 0 spiro atoms. The monoisotopic (exact) mass is 310 g/mol. The Kier molecular flexibility index (Phi) is 4.37. The molecule has 0 aliphatic carbocycles. The number of benzene rings is 1. The molecule has 0 aliphatic rings. The first-order valence-corrected chi connectivity index (χ1v) is 6.79. The summed E-state index contributed by atoms with van der Waals surface area (Å²) in [7, 11) is 1.12. The van der Waals surface area contributed by atoms with Crippen molar-refractivity contribution in [2.75, 3.05) is 7.11 Å². The first-order valence-electron chi connectivity index (χ1n) is 5.98. The molecule has 1 N–H and O–H groups in total. The smallest absolute Gasteiger partial charge is 0.351 e. The minimum absolute atomic E-state index is 0.236. The van der Waals surface area contributed by atoms with Crippen LogP contribution in [-0.2, 0) is 10.7 Å². The topological polar surface area (TPSA) is 46.5 Å². The number of methoxy groups -OCH3 is 1. The van der Waals surface area contributed by atoms with Crippen molar-refractivity contribution in [3.63, 3.8) is 0 Å². The maximum absolute atomic E-state index is 14.1. The molecule has 6 heteroatoms. The number of esters is 1. The van der Waals surface area contributed by atoms with E-state index in [9.17, 15) is 18.7 Å². The van der Waals surface area contributed by atoms with Crippen LogP contribution in [0.15, 0.2) is 42.5 Å². The third kappa shape index (κ3) is 3.46. The van der Waals surface area contributed by atoms with Crippen LogP contribution in [0, 0.1) is 0 Å². The summed E-state index contributed by atoms with van der Waals surface area (Å²) in [5, 5.41) is 9.53. The van der Waals surface area contributed by atoms with Crippen LogP contribution in [0.2, 0.25) is 0 Å². The second-order valence-corrected chi connectivity index (χ2v) is 5.24. The van der Waals surface area contributed by atoms with Crippen LogP contribution < -0.4 is 0 Å². The number of ether oxygens (including phenoxy) is 1.